The predicted molar refractivity (Wildman–Crippen MR) is 135 cm³/mol. The highest BCUT2D eigenvalue weighted by atomic mass is 35.5. The largest absolute Gasteiger partial charge is 0.384 e. The fourth-order valence-electron chi connectivity index (χ4n) is 5.10. The number of benzene rings is 1. The maximum atomic E-state index is 13.3. The quantitative estimate of drug-likeness (QED) is 0.654. The van der Waals surface area contributed by atoms with E-state index in [2.05, 4.69) is 24.0 Å². The summed E-state index contributed by atoms with van der Waals surface area (Å²) in [5.74, 6) is 0.0776. The first kappa shape index (κ1) is 23.1. The lowest BCUT2D eigenvalue weighted by atomic mass is 9.78. The molecule has 1 fully saturated rings. The summed E-state index contributed by atoms with van der Waals surface area (Å²) in [5.41, 5.74) is 10.8. The molecule has 0 radical (unpaired) electrons. The second-order valence-corrected chi connectivity index (χ2v) is 10.6. The maximum Gasteiger partial charge on any atom is 0.161 e. The summed E-state index contributed by atoms with van der Waals surface area (Å²) in [5, 5.41) is 10.9. The number of ketones is 1. The molecule has 6 nitrogen and oxygen atoms in total. The Hall–Kier alpha value is -2.63. The topological polar surface area (TPSA) is 82.6 Å². The highest BCUT2D eigenvalue weighted by Gasteiger charge is 2.41. The van der Waals surface area contributed by atoms with Crippen LogP contribution >= 0.6 is 22.9 Å². The van der Waals surface area contributed by atoms with Gasteiger partial charge < -0.3 is 10.5 Å². The van der Waals surface area contributed by atoms with Crippen LogP contribution in [0.25, 0.3) is 0 Å². The number of allylic oxidation sites excluding steroid dienone is 3. The second-order valence-electron chi connectivity index (χ2n) is 8.91. The number of carbonyl (C=O) groups is 1. The number of rotatable bonds is 4. The van der Waals surface area contributed by atoms with Crippen molar-refractivity contribution in [2.24, 2.45) is 5.73 Å². The van der Waals surface area contributed by atoms with Crippen molar-refractivity contribution in [1.82, 2.24) is 4.90 Å². The van der Waals surface area contributed by atoms with Crippen molar-refractivity contribution >= 4 is 34.4 Å². The molecule has 34 heavy (non-hydrogen) atoms. The van der Waals surface area contributed by atoms with E-state index in [4.69, 9.17) is 22.1 Å². The van der Waals surface area contributed by atoms with Gasteiger partial charge in [0.05, 0.1) is 30.8 Å². The average molecular weight is 495 g/mol. The Labute approximate surface area is 208 Å². The predicted octanol–water partition coefficient (Wildman–Crippen LogP) is 4.85. The molecule has 1 atom stereocenters. The number of nitriles is 1. The molecular formula is C26H27ClN4O2S. The van der Waals surface area contributed by atoms with E-state index in [1.165, 1.54) is 10.4 Å². The number of ether oxygens (including phenoxy) is 1. The van der Waals surface area contributed by atoms with Crippen molar-refractivity contribution in [1.29, 1.82) is 5.26 Å². The molecule has 2 aliphatic heterocycles. The van der Waals surface area contributed by atoms with Crippen LogP contribution in [0.5, 0.6) is 0 Å². The van der Waals surface area contributed by atoms with Crippen LogP contribution in [0.2, 0.25) is 5.02 Å². The van der Waals surface area contributed by atoms with Gasteiger partial charge in [0.25, 0.3) is 0 Å². The number of carbonyl (C=O) groups excluding carboxylic acids is 1. The number of Topliss-reactive ketones (excluding diaryl/α,β-unsaturated/α-hetero) is 1. The van der Waals surface area contributed by atoms with E-state index in [0.29, 0.717) is 28.4 Å². The molecular weight excluding hydrogens is 468 g/mol. The normalized spacial score (nSPS) is 21.6. The van der Waals surface area contributed by atoms with E-state index in [1.54, 1.807) is 23.5 Å². The van der Waals surface area contributed by atoms with Crippen molar-refractivity contribution in [2.75, 3.05) is 31.2 Å². The maximum absolute atomic E-state index is 13.3. The number of morpholine rings is 1. The Kier molecular flexibility index (Phi) is 6.50. The zero-order valence-corrected chi connectivity index (χ0v) is 20.7. The zero-order valence-electron chi connectivity index (χ0n) is 19.1. The molecule has 0 saturated carbocycles. The van der Waals surface area contributed by atoms with E-state index in [0.717, 1.165) is 62.0 Å². The third-order valence-corrected chi connectivity index (χ3v) is 8.23. The summed E-state index contributed by atoms with van der Waals surface area (Å²) < 4.78 is 5.48. The van der Waals surface area contributed by atoms with Crippen LogP contribution in [0.4, 0.5) is 5.69 Å². The van der Waals surface area contributed by atoms with Gasteiger partial charge in [0.15, 0.2) is 5.78 Å². The highest BCUT2D eigenvalue weighted by Crippen LogP contribution is 2.48. The van der Waals surface area contributed by atoms with Gasteiger partial charge in [0, 0.05) is 57.8 Å². The van der Waals surface area contributed by atoms with Gasteiger partial charge in [0.1, 0.15) is 5.82 Å². The summed E-state index contributed by atoms with van der Waals surface area (Å²) in [6.45, 7) is 6.28. The third kappa shape index (κ3) is 4.16. The highest BCUT2D eigenvalue weighted by molar-refractivity contribution is 7.12. The molecule has 1 aromatic carbocycles. The lowest BCUT2D eigenvalue weighted by Gasteiger charge is -2.39. The molecule has 0 amide bonds. The molecule has 3 aliphatic rings. The molecule has 5 rings (SSSR count). The molecule has 0 bridgehead atoms. The molecule has 8 heteroatoms. The first-order valence-corrected chi connectivity index (χ1v) is 12.8. The molecule has 3 heterocycles. The first-order chi connectivity index (χ1) is 16.5. The summed E-state index contributed by atoms with van der Waals surface area (Å²) in [7, 11) is 0. The van der Waals surface area contributed by atoms with Gasteiger partial charge in [-0.15, -0.1) is 11.3 Å². The van der Waals surface area contributed by atoms with Crippen molar-refractivity contribution in [3.63, 3.8) is 0 Å². The standard InChI is InChI=1S/C26H27ClN4O2S/c1-16-17(15-30-9-11-33-12-10-30)13-23(34-16)24-20(14-28)26(29)31(19-7-5-18(27)6-8-19)21-3-2-4-22(32)25(21)24/h5-8,13,24H,2-4,9-12,15,29H2,1H3/t24-/m1/s1. The number of anilines is 1. The molecule has 2 aromatic rings. The Morgan fingerprint density at radius 1 is 1.24 bits per heavy atom. The van der Waals surface area contributed by atoms with E-state index in [9.17, 15) is 10.1 Å². The number of halogens is 1. The number of hydrogen-bond acceptors (Lipinski definition) is 7. The van der Waals surface area contributed by atoms with Crippen LogP contribution in [0.3, 0.4) is 0 Å². The molecule has 1 aliphatic carbocycles. The monoisotopic (exact) mass is 494 g/mol. The summed E-state index contributed by atoms with van der Waals surface area (Å²) in [4.78, 5) is 19.8. The Balaban J connectivity index is 1.59. The zero-order chi connectivity index (χ0) is 23.8. The average Bonchev–Trinajstić information content (AvgIpc) is 3.19. The van der Waals surface area contributed by atoms with Crippen LogP contribution in [-0.2, 0) is 16.1 Å². The van der Waals surface area contributed by atoms with E-state index < -0.39 is 5.92 Å². The summed E-state index contributed by atoms with van der Waals surface area (Å²) in [6.07, 6.45) is 2.01. The van der Waals surface area contributed by atoms with Crippen LogP contribution in [-0.4, -0.2) is 37.0 Å². The van der Waals surface area contributed by atoms with Gasteiger partial charge in [-0.1, -0.05) is 11.6 Å². The SMILES string of the molecule is Cc1sc([C@H]2C(C#N)=C(N)N(c3ccc(Cl)cc3)C3=C2C(=O)CCC3)cc1CN1CCOCC1. The van der Waals surface area contributed by atoms with Crippen LogP contribution < -0.4 is 10.6 Å². The first-order valence-electron chi connectivity index (χ1n) is 11.6. The number of hydrogen-bond donors (Lipinski definition) is 1. The van der Waals surface area contributed by atoms with Crippen molar-refractivity contribution in [3.8, 4) is 6.07 Å². The smallest absolute Gasteiger partial charge is 0.161 e. The number of aryl methyl sites for hydroxylation is 1. The minimum absolute atomic E-state index is 0.103. The van der Waals surface area contributed by atoms with Crippen molar-refractivity contribution in [3.05, 3.63) is 73.3 Å². The number of thiophene rings is 1. The molecule has 0 unspecified atom stereocenters. The summed E-state index contributed by atoms with van der Waals surface area (Å²) >= 11 is 7.77. The Morgan fingerprint density at radius 3 is 2.68 bits per heavy atom. The molecule has 0 spiro atoms. The summed E-state index contributed by atoms with van der Waals surface area (Å²) in [6, 6.07) is 11.9. The second kappa shape index (κ2) is 9.55. The molecule has 1 aromatic heterocycles. The minimum atomic E-state index is -0.418. The molecule has 1 saturated heterocycles. The minimum Gasteiger partial charge on any atom is -0.384 e. The van der Waals surface area contributed by atoms with Crippen molar-refractivity contribution in [2.45, 2.75) is 38.6 Å². The third-order valence-electron chi connectivity index (χ3n) is 6.82. The van der Waals surface area contributed by atoms with Gasteiger partial charge in [-0.25, -0.2) is 0 Å². The van der Waals surface area contributed by atoms with Gasteiger partial charge in [-0.05, 0) is 55.7 Å². The van der Waals surface area contributed by atoms with E-state index >= 15 is 0 Å². The van der Waals surface area contributed by atoms with E-state index in [-0.39, 0.29) is 5.78 Å². The Bertz CT molecular complexity index is 1220. The lowest BCUT2D eigenvalue weighted by molar-refractivity contribution is -0.116. The Morgan fingerprint density at radius 2 is 1.97 bits per heavy atom. The lowest BCUT2D eigenvalue weighted by Crippen LogP contribution is -2.38. The van der Waals surface area contributed by atoms with Crippen LogP contribution in [0.1, 0.15) is 40.5 Å². The van der Waals surface area contributed by atoms with Crippen LogP contribution in [0.15, 0.2) is 53.0 Å². The fraction of sp³-hybridized carbons (Fsp3) is 0.385. The number of nitrogens with zero attached hydrogens (tertiary/aromatic N) is 3. The van der Waals surface area contributed by atoms with Crippen molar-refractivity contribution < 1.29 is 9.53 Å². The van der Waals surface area contributed by atoms with E-state index in [1.807, 2.05) is 17.0 Å². The number of nitrogens with two attached hydrogens (primary N) is 1. The fourth-order valence-corrected chi connectivity index (χ4v) is 6.39. The molecule has 2 N–H and O–H groups in total. The van der Waals surface area contributed by atoms with Gasteiger partial charge in [-0.2, -0.15) is 5.26 Å². The van der Waals surface area contributed by atoms with Gasteiger partial charge in [-0.3, -0.25) is 14.6 Å². The van der Waals surface area contributed by atoms with Gasteiger partial charge in [0.2, 0.25) is 0 Å². The molecule has 176 valence electrons. The van der Waals surface area contributed by atoms with Crippen LogP contribution in [0, 0.1) is 18.3 Å². The van der Waals surface area contributed by atoms with Gasteiger partial charge >= 0.3 is 0 Å².